The second kappa shape index (κ2) is 7.63. The predicted octanol–water partition coefficient (Wildman–Crippen LogP) is 4.37. The molecule has 3 aromatic carbocycles. The Bertz CT molecular complexity index is 1130. The molecule has 0 aliphatic carbocycles. The lowest BCUT2D eigenvalue weighted by Crippen LogP contribution is -2.24. The summed E-state index contributed by atoms with van der Waals surface area (Å²) in [5, 5.41) is 16.4. The smallest absolute Gasteiger partial charge is 0.280 e. The average Bonchev–Trinajstić information content (AvgIpc) is 3.18. The predicted molar refractivity (Wildman–Crippen MR) is 109 cm³/mol. The van der Waals surface area contributed by atoms with E-state index in [9.17, 15) is 14.9 Å². The van der Waals surface area contributed by atoms with E-state index in [1.54, 1.807) is 0 Å². The monoisotopic (exact) mass is 390 g/mol. The summed E-state index contributed by atoms with van der Waals surface area (Å²) in [4.78, 5) is 23.2. The second-order valence-corrected chi connectivity index (χ2v) is 6.65. The first kappa shape index (κ1) is 18.5. The van der Waals surface area contributed by atoms with Crippen LogP contribution >= 0.6 is 0 Å². The first-order valence-electron chi connectivity index (χ1n) is 9.07. The van der Waals surface area contributed by atoms with Crippen molar-refractivity contribution in [3.05, 3.63) is 81.9 Å². The minimum absolute atomic E-state index is 0.0166. The number of carbonyl (C=O) groups is 1. The Kier molecular flexibility index (Phi) is 4.87. The van der Waals surface area contributed by atoms with E-state index in [2.05, 4.69) is 5.32 Å². The summed E-state index contributed by atoms with van der Waals surface area (Å²) in [6, 6.07) is 16.5. The van der Waals surface area contributed by atoms with Crippen LogP contribution in [0, 0.1) is 10.1 Å². The molecule has 0 spiro atoms. The van der Waals surface area contributed by atoms with Gasteiger partial charge in [0.1, 0.15) is 0 Å². The molecule has 0 aromatic heterocycles. The number of nitrogens with zero attached hydrogens (tertiary/aromatic N) is 1. The zero-order chi connectivity index (χ0) is 20.4. The fraction of sp³-hybridized carbons (Fsp3) is 0.136. The lowest BCUT2D eigenvalue weighted by atomic mass is 10.00. The van der Waals surface area contributed by atoms with Crippen LogP contribution in [-0.4, -0.2) is 17.6 Å². The maximum atomic E-state index is 12.4. The number of nitro benzene ring substituents is 1. The molecule has 0 bridgehead atoms. The molecule has 3 aromatic rings. The number of rotatable bonds is 5. The molecular weight excluding hydrogens is 372 g/mol. The Labute approximate surface area is 166 Å². The van der Waals surface area contributed by atoms with E-state index in [4.69, 9.17) is 9.47 Å². The third-order valence-corrected chi connectivity index (χ3v) is 4.78. The molecule has 0 saturated carbocycles. The Hall–Kier alpha value is -3.87. The summed E-state index contributed by atoms with van der Waals surface area (Å²) in [7, 11) is 0. The van der Waals surface area contributed by atoms with Crippen LogP contribution in [-0.2, 0) is 4.79 Å². The van der Waals surface area contributed by atoms with Crippen LogP contribution in [0.3, 0.4) is 0 Å². The largest absolute Gasteiger partial charge is 0.454 e. The number of benzene rings is 3. The first-order chi connectivity index (χ1) is 14.0. The highest BCUT2D eigenvalue weighted by molar-refractivity contribution is 5.93. The van der Waals surface area contributed by atoms with Gasteiger partial charge in [-0.3, -0.25) is 14.9 Å². The van der Waals surface area contributed by atoms with Crippen molar-refractivity contribution >= 4 is 28.4 Å². The van der Waals surface area contributed by atoms with E-state index in [0.717, 1.165) is 16.3 Å². The molecule has 4 rings (SSSR count). The minimum Gasteiger partial charge on any atom is -0.454 e. The Morgan fingerprint density at radius 3 is 2.66 bits per heavy atom. The Balaban J connectivity index is 1.54. The number of nitro groups is 1. The van der Waals surface area contributed by atoms with E-state index in [0.29, 0.717) is 11.5 Å². The van der Waals surface area contributed by atoms with Gasteiger partial charge in [0.2, 0.25) is 12.7 Å². The van der Waals surface area contributed by atoms with Gasteiger partial charge in [-0.2, -0.15) is 0 Å². The van der Waals surface area contributed by atoms with Gasteiger partial charge in [0.15, 0.2) is 11.5 Å². The number of amides is 1. The number of carbonyl (C=O) groups excluding carboxylic acids is 1. The van der Waals surface area contributed by atoms with E-state index in [1.165, 1.54) is 24.3 Å². The van der Waals surface area contributed by atoms with Crippen LogP contribution < -0.4 is 14.8 Å². The molecule has 146 valence electrons. The molecule has 7 heteroatoms. The van der Waals surface area contributed by atoms with Crippen molar-refractivity contribution in [3.8, 4) is 11.5 Å². The second-order valence-electron chi connectivity index (χ2n) is 6.65. The van der Waals surface area contributed by atoms with Crippen LogP contribution in [0.5, 0.6) is 11.5 Å². The van der Waals surface area contributed by atoms with Crippen molar-refractivity contribution < 1.29 is 19.2 Å². The minimum atomic E-state index is -0.516. The number of nitrogens with one attached hydrogen (secondary N) is 1. The quantitative estimate of drug-likeness (QED) is 0.397. The molecule has 0 unspecified atom stereocenters. The fourth-order valence-electron chi connectivity index (χ4n) is 3.37. The van der Waals surface area contributed by atoms with Gasteiger partial charge in [0.05, 0.1) is 22.6 Å². The van der Waals surface area contributed by atoms with Crippen molar-refractivity contribution in [2.45, 2.75) is 13.0 Å². The van der Waals surface area contributed by atoms with Gasteiger partial charge in [0, 0.05) is 6.08 Å². The molecule has 0 fully saturated rings. The normalized spacial score (nSPS) is 13.6. The summed E-state index contributed by atoms with van der Waals surface area (Å²) in [5.74, 6) is 0.389. The molecule has 1 heterocycles. The van der Waals surface area contributed by atoms with E-state index >= 15 is 0 Å². The van der Waals surface area contributed by atoms with Crippen LogP contribution in [0.15, 0.2) is 60.7 Å². The summed E-state index contributed by atoms with van der Waals surface area (Å²) in [6.45, 7) is 1.92. The highest BCUT2D eigenvalue weighted by Gasteiger charge is 2.22. The number of hydrogen-bond donors (Lipinski definition) is 1. The summed E-state index contributed by atoms with van der Waals surface area (Å²) in [6.07, 6.45) is 2.69. The highest BCUT2D eigenvalue weighted by atomic mass is 16.7. The van der Waals surface area contributed by atoms with E-state index < -0.39 is 4.92 Å². The average molecular weight is 390 g/mol. The van der Waals surface area contributed by atoms with Crippen molar-refractivity contribution in [2.75, 3.05) is 6.79 Å². The number of hydrogen-bond acceptors (Lipinski definition) is 5. The molecule has 1 atom stereocenters. The third-order valence-electron chi connectivity index (χ3n) is 4.78. The Morgan fingerprint density at radius 1 is 1.14 bits per heavy atom. The van der Waals surface area contributed by atoms with Gasteiger partial charge in [-0.1, -0.05) is 42.5 Å². The maximum Gasteiger partial charge on any atom is 0.280 e. The third kappa shape index (κ3) is 3.75. The first-order valence-corrected chi connectivity index (χ1v) is 9.07. The molecule has 7 nitrogen and oxygen atoms in total. The number of ether oxygens (including phenoxy) is 2. The summed E-state index contributed by atoms with van der Waals surface area (Å²) in [5.41, 5.74) is 1.12. The van der Waals surface area contributed by atoms with Crippen LogP contribution in [0.2, 0.25) is 0 Å². The molecule has 1 aliphatic heterocycles. The summed E-state index contributed by atoms with van der Waals surface area (Å²) < 4.78 is 10.4. The van der Waals surface area contributed by atoms with Gasteiger partial charge in [0.25, 0.3) is 5.69 Å². The molecule has 0 radical (unpaired) electrons. The molecule has 29 heavy (non-hydrogen) atoms. The SMILES string of the molecule is C[C@@H](NC(=O)/C=C/c1cc2c(cc1[N+](=O)[O-])OCO2)c1cccc2ccccc12. The van der Waals surface area contributed by atoms with Gasteiger partial charge in [-0.05, 0) is 35.4 Å². The lowest BCUT2D eigenvalue weighted by Gasteiger charge is -2.15. The molecule has 1 aliphatic rings. The molecule has 1 N–H and O–H groups in total. The van der Waals surface area contributed by atoms with Crippen LogP contribution in [0.25, 0.3) is 16.8 Å². The van der Waals surface area contributed by atoms with Crippen LogP contribution in [0.1, 0.15) is 24.1 Å². The van der Waals surface area contributed by atoms with Gasteiger partial charge in [-0.15, -0.1) is 0 Å². The summed E-state index contributed by atoms with van der Waals surface area (Å²) >= 11 is 0. The van der Waals surface area contributed by atoms with Crippen molar-refractivity contribution in [1.29, 1.82) is 0 Å². The number of fused-ring (bicyclic) bond motifs is 2. The van der Waals surface area contributed by atoms with Gasteiger partial charge < -0.3 is 14.8 Å². The highest BCUT2D eigenvalue weighted by Crippen LogP contribution is 2.38. The van der Waals surface area contributed by atoms with Gasteiger partial charge >= 0.3 is 0 Å². The van der Waals surface area contributed by atoms with E-state index in [-0.39, 0.29) is 30.0 Å². The van der Waals surface area contributed by atoms with E-state index in [1.807, 2.05) is 49.4 Å². The molecule has 0 saturated heterocycles. The zero-order valence-electron chi connectivity index (χ0n) is 15.6. The van der Waals surface area contributed by atoms with Crippen LogP contribution in [0.4, 0.5) is 5.69 Å². The topological polar surface area (TPSA) is 90.7 Å². The van der Waals surface area contributed by atoms with Crippen molar-refractivity contribution in [3.63, 3.8) is 0 Å². The molecule has 1 amide bonds. The standard InChI is InChI=1S/C22H18N2O5/c1-14(17-8-4-6-15-5-2-3-7-18(15)17)23-22(25)10-9-16-11-20-21(29-13-28-20)12-19(16)24(26)27/h2-12,14H,13H2,1H3,(H,23,25)/b10-9+/t14-/m1/s1. The molecular formula is C22H18N2O5. The maximum absolute atomic E-state index is 12.4. The van der Waals surface area contributed by atoms with Crippen molar-refractivity contribution in [2.24, 2.45) is 0 Å². The van der Waals surface area contributed by atoms with Crippen molar-refractivity contribution in [1.82, 2.24) is 5.32 Å². The lowest BCUT2D eigenvalue weighted by molar-refractivity contribution is -0.385. The Morgan fingerprint density at radius 2 is 1.86 bits per heavy atom. The van der Waals surface area contributed by atoms with Gasteiger partial charge in [-0.25, -0.2) is 0 Å². The fourth-order valence-corrected chi connectivity index (χ4v) is 3.37. The zero-order valence-corrected chi connectivity index (χ0v) is 15.6.